The van der Waals surface area contributed by atoms with Gasteiger partial charge in [-0.1, -0.05) is 69.0 Å². The first-order chi connectivity index (χ1) is 19.0. The van der Waals surface area contributed by atoms with Crippen molar-refractivity contribution in [2.45, 2.75) is 57.9 Å². The Morgan fingerprint density at radius 1 is 0.949 bits per heavy atom. The van der Waals surface area contributed by atoms with E-state index in [4.69, 9.17) is 15.2 Å². The lowest BCUT2D eigenvalue weighted by Crippen LogP contribution is -2.37. The molecule has 2 atom stereocenters. The van der Waals surface area contributed by atoms with Crippen LogP contribution in [0.5, 0.6) is 5.75 Å². The molecule has 0 saturated carbocycles. The second-order valence-corrected chi connectivity index (χ2v) is 10.0. The number of hydrogen-bond donors (Lipinski definition) is 2. The lowest BCUT2D eigenvalue weighted by molar-refractivity contribution is -0.163. The molecule has 1 unspecified atom stereocenters. The van der Waals surface area contributed by atoms with Crippen LogP contribution in [0.1, 0.15) is 51.0 Å². The van der Waals surface area contributed by atoms with Crippen LogP contribution < -0.4 is 15.8 Å². The molecule has 3 N–H and O–H groups in total. The van der Waals surface area contributed by atoms with E-state index in [1.165, 1.54) is 25.7 Å². The molecule has 0 spiro atoms. The molecule has 1 aromatic heterocycles. The Balaban J connectivity index is 1.26. The fourth-order valence-corrected chi connectivity index (χ4v) is 4.51. The highest BCUT2D eigenvalue weighted by Crippen LogP contribution is 2.24. The highest BCUT2D eigenvalue weighted by molar-refractivity contribution is 5.89. The predicted octanol–water partition coefficient (Wildman–Crippen LogP) is 4.71. The van der Waals surface area contributed by atoms with Crippen LogP contribution in [0.3, 0.4) is 0 Å². The van der Waals surface area contributed by atoms with E-state index < -0.39 is 18.0 Å². The number of hydrogen-bond acceptors (Lipinski definition) is 8. The van der Waals surface area contributed by atoms with Crippen molar-refractivity contribution >= 4 is 11.9 Å². The fraction of sp³-hybridized carbons (Fsp3) is 0.419. The predicted molar refractivity (Wildman–Crippen MR) is 151 cm³/mol. The lowest BCUT2D eigenvalue weighted by atomic mass is 10.0. The molecule has 1 aliphatic heterocycles. The molecule has 0 amide bonds. The molecule has 1 fully saturated rings. The van der Waals surface area contributed by atoms with Crippen LogP contribution in [0.15, 0.2) is 60.9 Å². The van der Waals surface area contributed by atoms with Gasteiger partial charge in [-0.05, 0) is 49.1 Å². The van der Waals surface area contributed by atoms with Gasteiger partial charge in [0.05, 0.1) is 12.5 Å². The van der Waals surface area contributed by atoms with E-state index in [9.17, 15) is 9.59 Å². The number of nitrogens with two attached hydrogens (primary N) is 1. The summed E-state index contributed by atoms with van der Waals surface area (Å²) in [7, 11) is 0. The normalized spacial score (nSPS) is 15.6. The minimum atomic E-state index is -0.910. The van der Waals surface area contributed by atoms with Crippen molar-refractivity contribution in [1.29, 1.82) is 0 Å². The third-order valence-electron chi connectivity index (χ3n) is 6.92. The van der Waals surface area contributed by atoms with Crippen molar-refractivity contribution in [1.82, 2.24) is 15.3 Å². The molecule has 8 heteroatoms. The molecule has 2 heterocycles. The number of carbonyl (C=O) groups excluding carboxylic acids is 2. The third kappa shape index (κ3) is 8.43. The maximum atomic E-state index is 12.2. The summed E-state index contributed by atoms with van der Waals surface area (Å²) in [6.07, 6.45) is 10.7. The van der Waals surface area contributed by atoms with Gasteiger partial charge >= 0.3 is 11.9 Å². The third-order valence-corrected chi connectivity index (χ3v) is 6.92. The number of carbonyl (C=O) groups is 2. The van der Waals surface area contributed by atoms with Gasteiger partial charge in [-0.3, -0.25) is 4.79 Å². The van der Waals surface area contributed by atoms with Crippen LogP contribution in [-0.2, 0) is 20.7 Å². The first-order valence-electron chi connectivity index (χ1n) is 13.9. The molecule has 1 aliphatic rings. The number of esters is 2. The van der Waals surface area contributed by atoms with Gasteiger partial charge in [0.15, 0.2) is 5.82 Å². The van der Waals surface area contributed by atoms with E-state index in [0.29, 0.717) is 18.8 Å². The van der Waals surface area contributed by atoms with Crippen LogP contribution in [0.4, 0.5) is 0 Å². The van der Waals surface area contributed by atoms with Crippen molar-refractivity contribution in [2.75, 3.05) is 19.7 Å². The average molecular weight is 531 g/mol. The Morgan fingerprint density at radius 3 is 2.31 bits per heavy atom. The second-order valence-electron chi connectivity index (χ2n) is 10.0. The Hall–Kier alpha value is -3.62. The van der Waals surface area contributed by atoms with Gasteiger partial charge in [-0.2, -0.15) is 0 Å². The summed E-state index contributed by atoms with van der Waals surface area (Å²) in [6.45, 7) is 4.25. The van der Waals surface area contributed by atoms with Crippen molar-refractivity contribution < 1.29 is 19.1 Å². The molecule has 2 aromatic carbocycles. The standard InChI is InChI=1S/C31H38N4O4/c1-2-3-4-5-6-17-38-27-13-11-23(12-14-27)26-20-34-29(35-21-26)24-9-7-22(8-10-24)18-28(32)31(37)39-30(36)25-15-16-33-19-25/h7-14,20-21,25,28,33H,2-6,15-19,32H2,1H3/t25?,28-/m0/s1. The maximum absolute atomic E-state index is 12.2. The zero-order valence-corrected chi connectivity index (χ0v) is 22.6. The van der Waals surface area contributed by atoms with Gasteiger partial charge in [-0.25, -0.2) is 14.8 Å². The Kier molecular flexibility index (Phi) is 10.6. The molecule has 3 aromatic rings. The Bertz CT molecular complexity index is 1190. The molecule has 0 radical (unpaired) electrons. The largest absolute Gasteiger partial charge is 0.494 e. The average Bonchev–Trinajstić information content (AvgIpc) is 3.51. The first-order valence-corrected chi connectivity index (χ1v) is 13.9. The number of unbranched alkanes of at least 4 members (excludes halogenated alkanes) is 4. The topological polar surface area (TPSA) is 116 Å². The molecular formula is C31H38N4O4. The minimum Gasteiger partial charge on any atom is -0.494 e. The van der Waals surface area contributed by atoms with Gasteiger partial charge in [0.2, 0.25) is 0 Å². The van der Waals surface area contributed by atoms with Crippen LogP contribution in [0, 0.1) is 5.92 Å². The van der Waals surface area contributed by atoms with E-state index >= 15 is 0 Å². The quantitative estimate of drug-likeness (QED) is 0.185. The highest BCUT2D eigenvalue weighted by atomic mass is 16.6. The molecule has 0 bridgehead atoms. The molecule has 206 valence electrons. The zero-order valence-electron chi connectivity index (χ0n) is 22.6. The van der Waals surface area contributed by atoms with E-state index in [1.54, 1.807) is 0 Å². The summed E-state index contributed by atoms with van der Waals surface area (Å²) in [5.41, 5.74) is 9.66. The van der Waals surface area contributed by atoms with E-state index in [1.807, 2.05) is 60.9 Å². The SMILES string of the molecule is CCCCCCCOc1ccc(-c2cnc(-c3ccc(C[C@H](N)C(=O)OC(=O)C4CCNC4)cc3)nc2)cc1. The number of nitrogens with zero attached hydrogens (tertiary/aromatic N) is 2. The smallest absolute Gasteiger partial charge is 0.330 e. The van der Waals surface area contributed by atoms with Gasteiger partial charge in [-0.15, -0.1) is 0 Å². The van der Waals surface area contributed by atoms with Crippen molar-refractivity contribution in [3.05, 3.63) is 66.5 Å². The van der Waals surface area contributed by atoms with Gasteiger partial charge in [0, 0.05) is 30.1 Å². The summed E-state index contributed by atoms with van der Waals surface area (Å²) in [4.78, 5) is 33.4. The van der Waals surface area contributed by atoms with E-state index in [0.717, 1.165) is 47.6 Å². The van der Waals surface area contributed by atoms with Gasteiger partial charge < -0.3 is 20.5 Å². The molecule has 4 rings (SSSR count). The summed E-state index contributed by atoms with van der Waals surface area (Å²) in [5.74, 6) is -0.00814. The Morgan fingerprint density at radius 2 is 1.64 bits per heavy atom. The van der Waals surface area contributed by atoms with Crippen molar-refractivity contribution in [3.63, 3.8) is 0 Å². The summed E-state index contributed by atoms with van der Waals surface area (Å²) >= 11 is 0. The number of rotatable bonds is 13. The Labute approximate surface area is 230 Å². The molecule has 1 saturated heterocycles. The number of nitrogens with one attached hydrogen (secondary N) is 1. The molecule has 39 heavy (non-hydrogen) atoms. The van der Waals surface area contributed by atoms with Crippen molar-refractivity contribution in [2.24, 2.45) is 11.7 Å². The van der Waals surface area contributed by atoms with E-state index in [2.05, 4.69) is 22.2 Å². The molecular weight excluding hydrogens is 492 g/mol. The number of ether oxygens (including phenoxy) is 2. The highest BCUT2D eigenvalue weighted by Gasteiger charge is 2.28. The second kappa shape index (κ2) is 14.5. The van der Waals surface area contributed by atoms with Gasteiger partial charge in [0.25, 0.3) is 0 Å². The minimum absolute atomic E-state index is 0.271. The van der Waals surface area contributed by atoms with E-state index in [-0.39, 0.29) is 12.3 Å². The van der Waals surface area contributed by atoms with Crippen LogP contribution >= 0.6 is 0 Å². The number of benzene rings is 2. The fourth-order valence-electron chi connectivity index (χ4n) is 4.51. The summed E-state index contributed by atoms with van der Waals surface area (Å²) < 4.78 is 10.8. The van der Waals surface area contributed by atoms with Crippen LogP contribution in [0.25, 0.3) is 22.5 Å². The van der Waals surface area contributed by atoms with Crippen LogP contribution in [0.2, 0.25) is 0 Å². The van der Waals surface area contributed by atoms with Crippen molar-refractivity contribution in [3.8, 4) is 28.3 Å². The lowest BCUT2D eigenvalue weighted by Gasteiger charge is -2.13. The zero-order chi connectivity index (χ0) is 27.5. The molecule has 0 aliphatic carbocycles. The van der Waals surface area contributed by atoms with Crippen LogP contribution in [-0.4, -0.2) is 47.6 Å². The summed E-state index contributed by atoms with van der Waals surface area (Å²) in [6, 6.07) is 14.6. The molecule has 8 nitrogen and oxygen atoms in total. The monoisotopic (exact) mass is 530 g/mol. The van der Waals surface area contributed by atoms with Gasteiger partial charge in [0.1, 0.15) is 11.8 Å². The maximum Gasteiger partial charge on any atom is 0.330 e. The first kappa shape index (κ1) is 28.4. The summed E-state index contributed by atoms with van der Waals surface area (Å²) in [5, 5.41) is 3.08. The number of aromatic nitrogens is 2.